The van der Waals surface area contributed by atoms with Gasteiger partial charge in [-0.15, -0.1) is 0 Å². The molecular formula is C25H23N3O3. The van der Waals surface area contributed by atoms with Gasteiger partial charge in [0.2, 0.25) is 0 Å². The Kier molecular flexibility index (Phi) is 4.82. The zero-order valence-corrected chi connectivity index (χ0v) is 17.2. The highest BCUT2D eigenvalue weighted by molar-refractivity contribution is 6.09. The van der Waals surface area contributed by atoms with Crippen molar-refractivity contribution in [3.05, 3.63) is 89.5 Å². The molecule has 1 aliphatic heterocycles. The number of para-hydroxylation sites is 2. The first kappa shape index (κ1) is 19.2. The van der Waals surface area contributed by atoms with E-state index in [9.17, 15) is 9.59 Å². The zero-order chi connectivity index (χ0) is 21.4. The average molecular weight is 413 g/mol. The fraction of sp³-hybridized carbons (Fsp3) is 0.200. The number of hydrogen-bond acceptors (Lipinski definition) is 4. The van der Waals surface area contributed by atoms with Crippen LogP contribution in [0.3, 0.4) is 0 Å². The summed E-state index contributed by atoms with van der Waals surface area (Å²) in [7, 11) is 0. The van der Waals surface area contributed by atoms with E-state index in [2.05, 4.69) is 10.6 Å². The third-order valence-electron chi connectivity index (χ3n) is 5.77. The third-order valence-corrected chi connectivity index (χ3v) is 5.77. The molecular weight excluding hydrogens is 390 g/mol. The van der Waals surface area contributed by atoms with E-state index in [4.69, 9.17) is 4.42 Å². The summed E-state index contributed by atoms with van der Waals surface area (Å²) in [4.78, 5) is 28.4. The molecule has 1 aromatic heterocycles. The molecule has 1 aliphatic carbocycles. The number of amides is 2. The number of anilines is 3. The number of hydrogen-bond donors (Lipinski definition) is 2. The molecule has 3 aromatic rings. The zero-order valence-electron chi connectivity index (χ0n) is 17.2. The van der Waals surface area contributed by atoms with Crippen LogP contribution in [0, 0.1) is 6.92 Å². The van der Waals surface area contributed by atoms with Crippen LogP contribution in [0.4, 0.5) is 21.9 Å². The summed E-state index contributed by atoms with van der Waals surface area (Å²) in [5.41, 5.74) is 4.73. The first-order valence-corrected chi connectivity index (χ1v) is 10.4. The Morgan fingerprint density at radius 1 is 1.06 bits per heavy atom. The van der Waals surface area contributed by atoms with Crippen molar-refractivity contribution in [1.82, 2.24) is 0 Å². The maximum atomic E-state index is 13.7. The monoisotopic (exact) mass is 413 g/mol. The number of urea groups is 1. The number of ketones is 1. The lowest BCUT2D eigenvalue weighted by Crippen LogP contribution is -2.40. The molecule has 2 amide bonds. The summed E-state index contributed by atoms with van der Waals surface area (Å²) >= 11 is 0. The smallest absolute Gasteiger partial charge is 0.327 e. The molecule has 1 atom stereocenters. The molecule has 5 rings (SSSR count). The molecule has 6 heteroatoms. The maximum Gasteiger partial charge on any atom is 0.327 e. The van der Waals surface area contributed by atoms with Crippen LogP contribution in [0.2, 0.25) is 0 Å². The molecule has 0 radical (unpaired) electrons. The fourth-order valence-corrected chi connectivity index (χ4v) is 4.29. The number of aryl methyl sites for hydroxylation is 1. The molecule has 0 bridgehead atoms. The van der Waals surface area contributed by atoms with Crippen molar-refractivity contribution in [2.24, 2.45) is 0 Å². The first-order chi connectivity index (χ1) is 15.1. The summed E-state index contributed by atoms with van der Waals surface area (Å²) in [6.07, 6.45) is 3.57. The summed E-state index contributed by atoms with van der Waals surface area (Å²) in [5.74, 6) is 0.594. The van der Waals surface area contributed by atoms with E-state index in [1.54, 1.807) is 17.2 Å². The highest BCUT2D eigenvalue weighted by atomic mass is 16.3. The van der Waals surface area contributed by atoms with E-state index >= 15 is 0 Å². The predicted molar refractivity (Wildman–Crippen MR) is 120 cm³/mol. The van der Waals surface area contributed by atoms with Gasteiger partial charge in [-0.05, 0) is 56.2 Å². The normalized spacial score (nSPS) is 18.0. The lowest BCUT2D eigenvalue weighted by Gasteiger charge is -2.32. The maximum absolute atomic E-state index is 13.7. The Bertz CT molecular complexity index is 1160. The largest absolute Gasteiger partial charge is 0.467 e. The van der Waals surface area contributed by atoms with E-state index in [1.165, 1.54) is 0 Å². The number of carbonyl (C=O) groups excluding carboxylic acids is 2. The van der Waals surface area contributed by atoms with Crippen LogP contribution >= 0.6 is 0 Å². The molecule has 2 aromatic carbocycles. The molecule has 156 valence electrons. The number of nitrogens with zero attached hydrogens (tertiary/aromatic N) is 1. The summed E-state index contributed by atoms with van der Waals surface area (Å²) < 4.78 is 5.75. The number of rotatable bonds is 2. The Balaban J connectivity index is 1.66. The lowest BCUT2D eigenvalue weighted by atomic mass is 9.88. The number of benzene rings is 2. The lowest BCUT2D eigenvalue weighted by molar-refractivity contribution is -0.116. The third kappa shape index (κ3) is 3.50. The Hall–Kier alpha value is -3.80. The molecule has 0 saturated carbocycles. The average Bonchev–Trinajstić information content (AvgIpc) is 3.25. The highest BCUT2D eigenvalue weighted by Crippen LogP contribution is 2.45. The SMILES string of the molecule is Cc1ccc(NC(=O)N2c3ccccc3NC3=C(C(=O)CCC3)[C@H]2c2ccco2)cc1. The predicted octanol–water partition coefficient (Wildman–Crippen LogP) is 5.80. The molecule has 2 aliphatic rings. The molecule has 0 unspecified atom stereocenters. The molecule has 0 spiro atoms. The van der Waals surface area contributed by atoms with Gasteiger partial charge >= 0.3 is 6.03 Å². The minimum absolute atomic E-state index is 0.0380. The van der Waals surface area contributed by atoms with Gasteiger partial charge in [-0.1, -0.05) is 29.8 Å². The van der Waals surface area contributed by atoms with Crippen LogP contribution in [0.1, 0.15) is 36.6 Å². The molecule has 2 N–H and O–H groups in total. The standard InChI is InChI=1S/C25H23N3O3/c1-16-11-13-17(14-12-16)26-25(30)28-20-8-3-2-6-18(20)27-19-7-4-9-21(29)23(19)24(28)22-10-5-15-31-22/h2-3,5-6,8,10-15,24,27H,4,7,9H2,1H3,(H,26,30)/t24-/m1/s1. The summed E-state index contributed by atoms with van der Waals surface area (Å²) in [6.45, 7) is 2.00. The molecule has 0 fully saturated rings. The van der Waals surface area contributed by atoms with Gasteiger partial charge in [0.25, 0.3) is 0 Å². The molecule has 0 saturated heterocycles. The van der Waals surface area contributed by atoms with E-state index in [-0.39, 0.29) is 11.8 Å². The first-order valence-electron chi connectivity index (χ1n) is 10.4. The van der Waals surface area contributed by atoms with E-state index in [1.807, 2.05) is 61.5 Å². The quantitative estimate of drug-likeness (QED) is 0.557. The van der Waals surface area contributed by atoms with Crippen LogP contribution in [-0.4, -0.2) is 11.8 Å². The van der Waals surface area contributed by atoms with Gasteiger partial charge in [-0.2, -0.15) is 0 Å². The van der Waals surface area contributed by atoms with Crippen LogP contribution in [-0.2, 0) is 4.79 Å². The summed E-state index contributed by atoms with van der Waals surface area (Å²) in [5, 5.41) is 6.43. The van der Waals surface area contributed by atoms with Gasteiger partial charge in [-0.3, -0.25) is 9.69 Å². The molecule has 6 nitrogen and oxygen atoms in total. The van der Waals surface area contributed by atoms with Crippen LogP contribution in [0.5, 0.6) is 0 Å². The van der Waals surface area contributed by atoms with Crippen molar-refractivity contribution >= 4 is 28.9 Å². The van der Waals surface area contributed by atoms with Gasteiger partial charge in [-0.25, -0.2) is 4.79 Å². The van der Waals surface area contributed by atoms with E-state index in [0.29, 0.717) is 29.1 Å². The van der Waals surface area contributed by atoms with Crippen molar-refractivity contribution in [2.75, 3.05) is 15.5 Å². The second-order valence-electron chi connectivity index (χ2n) is 7.90. The molecule has 31 heavy (non-hydrogen) atoms. The molecule has 2 heterocycles. The van der Waals surface area contributed by atoms with Gasteiger partial charge in [0, 0.05) is 23.4 Å². The second-order valence-corrected chi connectivity index (χ2v) is 7.90. The van der Waals surface area contributed by atoms with Crippen molar-refractivity contribution < 1.29 is 14.0 Å². The fourth-order valence-electron chi connectivity index (χ4n) is 4.29. The van der Waals surface area contributed by atoms with Gasteiger partial charge in [0.05, 0.1) is 17.6 Å². The van der Waals surface area contributed by atoms with Gasteiger partial charge < -0.3 is 15.1 Å². The number of carbonyl (C=O) groups is 2. The second kappa shape index (κ2) is 7.80. The summed E-state index contributed by atoms with van der Waals surface area (Å²) in [6, 6.07) is 17.9. The Morgan fingerprint density at radius 3 is 2.65 bits per heavy atom. The van der Waals surface area contributed by atoms with Crippen LogP contribution in [0.15, 0.2) is 82.6 Å². The Labute approximate surface area is 180 Å². The van der Waals surface area contributed by atoms with Crippen molar-refractivity contribution in [2.45, 2.75) is 32.2 Å². The van der Waals surface area contributed by atoms with E-state index < -0.39 is 6.04 Å². The number of Topliss-reactive ketones (excluding diaryl/α,β-unsaturated/α-hetero) is 1. The minimum Gasteiger partial charge on any atom is -0.467 e. The topological polar surface area (TPSA) is 74.6 Å². The number of nitrogens with one attached hydrogen (secondary N) is 2. The Morgan fingerprint density at radius 2 is 1.87 bits per heavy atom. The van der Waals surface area contributed by atoms with Crippen molar-refractivity contribution in [1.29, 1.82) is 0 Å². The van der Waals surface area contributed by atoms with Crippen molar-refractivity contribution in [3.8, 4) is 0 Å². The minimum atomic E-state index is -0.653. The van der Waals surface area contributed by atoms with Crippen LogP contribution < -0.4 is 15.5 Å². The number of allylic oxidation sites excluding steroid dienone is 1. The highest BCUT2D eigenvalue weighted by Gasteiger charge is 2.40. The number of furan rings is 1. The van der Waals surface area contributed by atoms with Crippen molar-refractivity contribution in [3.63, 3.8) is 0 Å². The number of fused-ring (bicyclic) bond motifs is 1. The van der Waals surface area contributed by atoms with Gasteiger partial charge in [0.15, 0.2) is 5.78 Å². The van der Waals surface area contributed by atoms with Crippen LogP contribution in [0.25, 0.3) is 0 Å². The van der Waals surface area contributed by atoms with E-state index in [0.717, 1.165) is 29.8 Å². The van der Waals surface area contributed by atoms with Gasteiger partial charge in [0.1, 0.15) is 11.8 Å².